The fourth-order valence-corrected chi connectivity index (χ4v) is 5.03. The molecule has 1 saturated heterocycles. The van der Waals surface area contributed by atoms with Crippen LogP contribution in [0.4, 0.5) is 10.1 Å². The Balaban J connectivity index is 1.79. The fraction of sp³-hybridized carbons (Fsp3) is 0.263. The largest absolute Gasteiger partial charge is 0.368 e. The van der Waals surface area contributed by atoms with Crippen LogP contribution >= 0.6 is 11.6 Å². The molecule has 2 aromatic carbocycles. The second-order valence-corrected chi connectivity index (χ2v) is 8.91. The lowest BCUT2D eigenvalue weighted by atomic mass is 10.2. The molecular weight excluding hydrogens is 389 g/mol. The summed E-state index contributed by atoms with van der Waals surface area (Å²) < 4.78 is 40.8. The van der Waals surface area contributed by atoms with Gasteiger partial charge in [-0.3, -0.25) is 0 Å². The molecule has 0 spiro atoms. The van der Waals surface area contributed by atoms with Gasteiger partial charge in [0, 0.05) is 43.4 Å². The molecule has 0 radical (unpaired) electrons. The number of hydrogen-bond donors (Lipinski definition) is 0. The number of likely N-dealkylation sites (N-methyl/N-ethyl adjacent to an activating group) is 1. The van der Waals surface area contributed by atoms with Crippen LogP contribution in [-0.4, -0.2) is 50.5 Å². The van der Waals surface area contributed by atoms with Gasteiger partial charge in [-0.15, -0.1) is 0 Å². The topological polar surface area (TPSA) is 45.5 Å². The highest BCUT2D eigenvalue weighted by Crippen LogP contribution is 2.31. The van der Waals surface area contributed by atoms with Crippen LogP contribution in [0.2, 0.25) is 5.02 Å². The van der Waals surface area contributed by atoms with Gasteiger partial charge in [-0.25, -0.2) is 16.8 Å². The quantitative estimate of drug-likeness (QED) is 0.667. The van der Waals surface area contributed by atoms with E-state index in [2.05, 4.69) is 16.8 Å². The first-order valence-corrected chi connectivity index (χ1v) is 10.4. The second-order valence-electron chi connectivity index (χ2n) is 6.69. The number of piperazine rings is 1. The monoisotopic (exact) mass is 407 g/mol. The van der Waals surface area contributed by atoms with Crippen LogP contribution in [0, 0.1) is 5.82 Å². The Morgan fingerprint density at radius 3 is 2.48 bits per heavy atom. The molecule has 27 heavy (non-hydrogen) atoms. The maximum Gasteiger partial charge on any atom is 0.268 e. The Morgan fingerprint density at radius 2 is 1.78 bits per heavy atom. The predicted octanol–water partition coefficient (Wildman–Crippen LogP) is 3.42. The molecule has 0 aliphatic carbocycles. The van der Waals surface area contributed by atoms with Crippen molar-refractivity contribution in [3.8, 4) is 0 Å². The summed E-state index contributed by atoms with van der Waals surface area (Å²) >= 11 is 5.78. The van der Waals surface area contributed by atoms with Gasteiger partial charge in [0.25, 0.3) is 10.0 Å². The van der Waals surface area contributed by atoms with E-state index in [1.54, 1.807) is 6.07 Å². The first-order valence-electron chi connectivity index (χ1n) is 8.62. The molecule has 0 unspecified atom stereocenters. The molecule has 0 amide bonds. The Labute approximate surface area is 162 Å². The van der Waals surface area contributed by atoms with Crippen LogP contribution in [0.1, 0.15) is 0 Å². The maximum atomic E-state index is 13.4. The van der Waals surface area contributed by atoms with Gasteiger partial charge in [-0.05, 0) is 43.4 Å². The van der Waals surface area contributed by atoms with Gasteiger partial charge in [0.1, 0.15) is 5.82 Å². The Morgan fingerprint density at radius 1 is 1.04 bits per heavy atom. The van der Waals surface area contributed by atoms with Crippen molar-refractivity contribution in [3.05, 3.63) is 59.5 Å². The molecule has 4 rings (SSSR count). The van der Waals surface area contributed by atoms with E-state index in [9.17, 15) is 12.8 Å². The van der Waals surface area contributed by atoms with Crippen molar-refractivity contribution in [2.45, 2.75) is 4.90 Å². The summed E-state index contributed by atoms with van der Waals surface area (Å²) in [6.45, 7) is 3.70. The SMILES string of the molecule is CN1CCN(c2cccc3c2ccn3S(=O)(=O)c2ccc(F)c(Cl)c2)CC1. The summed E-state index contributed by atoms with van der Waals surface area (Å²) in [4.78, 5) is 4.50. The number of fused-ring (bicyclic) bond motifs is 1. The van der Waals surface area contributed by atoms with Gasteiger partial charge in [-0.1, -0.05) is 17.7 Å². The zero-order chi connectivity index (χ0) is 19.2. The van der Waals surface area contributed by atoms with Gasteiger partial charge in [0.05, 0.1) is 15.4 Å². The number of hydrogen-bond acceptors (Lipinski definition) is 4. The second kappa shape index (κ2) is 6.82. The molecule has 3 aromatic rings. The lowest BCUT2D eigenvalue weighted by Gasteiger charge is -2.34. The van der Waals surface area contributed by atoms with Crippen molar-refractivity contribution in [2.24, 2.45) is 0 Å². The molecule has 1 aliphatic rings. The minimum Gasteiger partial charge on any atom is -0.368 e. The molecule has 1 aromatic heterocycles. The van der Waals surface area contributed by atoms with Gasteiger partial charge >= 0.3 is 0 Å². The van der Waals surface area contributed by atoms with Crippen molar-refractivity contribution in [3.63, 3.8) is 0 Å². The third-order valence-electron chi connectivity index (χ3n) is 4.97. The normalized spacial score (nSPS) is 16.2. The molecule has 0 N–H and O–H groups in total. The van der Waals surface area contributed by atoms with Crippen LogP contribution in [0.25, 0.3) is 10.9 Å². The van der Waals surface area contributed by atoms with Gasteiger partial charge in [0.15, 0.2) is 0 Å². The number of aromatic nitrogens is 1. The molecule has 0 bridgehead atoms. The van der Waals surface area contributed by atoms with E-state index in [4.69, 9.17) is 11.6 Å². The first kappa shape index (κ1) is 18.3. The third-order valence-corrected chi connectivity index (χ3v) is 6.94. The summed E-state index contributed by atoms with van der Waals surface area (Å²) in [6, 6.07) is 10.9. The summed E-state index contributed by atoms with van der Waals surface area (Å²) in [5.41, 5.74) is 1.61. The van der Waals surface area contributed by atoms with Crippen LogP contribution in [0.5, 0.6) is 0 Å². The molecule has 0 atom stereocenters. The van der Waals surface area contributed by atoms with Gasteiger partial charge in [0.2, 0.25) is 0 Å². The van der Waals surface area contributed by atoms with E-state index in [0.717, 1.165) is 49.4 Å². The molecule has 1 aliphatic heterocycles. The Hall–Kier alpha value is -2.09. The maximum absolute atomic E-state index is 13.4. The molecular formula is C19H19ClFN3O2S. The summed E-state index contributed by atoms with van der Waals surface area (Å²) in [5.74, 6) is -0.648. The lowest BCUT2D eigenvalue weighted by molar-refractivity contribution is 0.313. The van der Waals surface area contributed by atoms with E-state index < -0.39 is 15.8 Å². The molecule has 0 saturated carbocycles. The van der Waals surface area contributed by atoms with Crippen molar-refractivity contribution in [2.75, 3.05) is 38.1 Å². The van der Waals surface area contributed by atoms with Crippen LogP contribution in [0.3, 0.4) is 0 Å². The van der Waals surface area contributed by atoms with E-state index in [1.165, 1.54) is 16.2 Å². The minimum absolute atomic E-state index is 0.0450. The van der Waals surface area contributed by atoms with E-state index >= 15 is 0 Å². The van der Waals surface area contributed by atoms with Crippen LogP contribution in [-0.2, 0) is 10.0 Å². The smallest absolute Gasteiger partial charge is 0.268 e. The van der Waals surface area contributed by atoms with Crippen molar-refractivity contribution in [1.29, 1.82) is 0 Å². The highest BCUT2D eigenvalue weighted by molar-refractivity contribution is 7.90. The number of halogens is 2. The van der Waals surface area contributed by atoms with Gasteiger partial charge < -0.3 is 9.80 Å². The molecule has 2 heterocycles. The van der Waals surface area contributed by atoms with Crippen molar-refractivity contribution in [1.82, 2.24) is 8.87 Å². The number of anilines is 1. The molecule has 5 nitrogen and oxygen atoms in total. The average molecular weight is 408 g/mol. The number of rotatable bonds is 3. The average Bonchev–Trinajstić information content (AvgIpc) is 3.09. The molecule has 142 valence electrons. The van der Waals surface area contributed by atoms with E-state index in [0.29, 0.717) is 5.52 Å². The highest BCUT2D eigenvalue weighted by Gasteiger charge is 2.23. The summed E-state index contributed by atoms with van der Waals surface area (Å²) in [5, 5.41) is 0.657. The van der Waals surface area contributed by atoms with E-state index in [1.807, 2.05) is 18.2 Å². The standard InChI is InChI=1S/C19H19ClFN3O2S/c1-22-9-11-23(12-10-22)18-3-2-4-19-15(18)7-8-24(19)27(25,26)14-5-6-17(21)16(20)13-14/h2-8,13H,9-12H2,1H3. The zero-order valence-electron chi connectivity index (χ0n) is 14.8. The highest BCUT2D eigenvalue weighted by atomic mass is 35.5. The predicted molar refractivity (Wildman–Crippen MR) is 106 cm³/mol. The Kier molecular flexibility index (Phi) is 4.61. The van der Waals surface area contributed by atoms with Crippen molar-refractivity contribution < 1.29 is 12.8 Å². The van der Waals surface area contributed by atoms with Crippen LogP contribution in [0.15, 0.2) is 53.6 Å². The Bertz CT molecular complexity index is 1110. The van der Waals surface area contributed by atoms with Crippen molar-refractivity contribution >= 4 is 38.2 Å². The van der Waals surface area contributed by atoms with Crippen LogP contribution < -0.4 is 4.90 Å². The molecule has 1 fully saturated rings. The number of benzene rings is 2. The lowest BCUT2D eigenvalue weighted by Crippen LogP contribution is -2.44. The molecule has 8 heteroatoms. The first-order chi connectivity index (χ1) is 12.9. The number of nitrogens with zero attached hydrogens (tertiary/aromatic N) is 3. The summed E-state index contributed by atoms with van der Waals surface area (Å²) in [6.07, 6.45) is 1.54. The van der Waals surface area contributed by atoms with E-state index in [-0.39, 0.29) is 9.92 Å². The third kappa shape index (κ3) is 3.20. The summed E-state index contributed by atoms with van der Waals surface area (Å²) in [7, 11) is -1.79. The zero-order valence-corrected chi connectivity index (χ0v) is 16.3. The van der Waals surface area contributed by atoms with Gasteiger partial charge in [-0.2, -0.15) is 0 Å². The fourth-order valence-electron chi connectivity index (χ4n) is 3.41. The minimum atomic E-state index is -3.88.